The number of alkyl halides is 7. The van der Waals surface area contributed by atoms with Gasteiger partial charge in [-0.3, -0.25) is 0 Å². The van der Waals surface area contributed by atoms with Crippen LogP contribution in [-0.4, -0.2) is 31.0 Å². The Bertz CT molecular complexity index is 701. The monoisotopic (exact) mass is 499 g/mol. The van der Waals surface area contributed by atoms with Crippen LogP contribution in [0.3, 0.4) is 0 Å². The average molecular weight is 501 g/mol. The van der Waals surface area contributed by atoms with Gasteiger partial charge in [-0.05, 0) is 28.1 Å². The molecule has 0 amide bonds. The molecule has 0 aliphatic heterocycles. The van der Waals surface area contributed by atoms with Crippen molar-refractivity contribution >= 4 is 38.1 Å². The molecule has 0 heterocycles. The van der Waals surface area contributed by atoms with Crippen molar-refractivity contribution in [3.05, 3.63) is 26.6 Å². The third kappa shape index (κ3) is 4.97. The summed E-state index contributed by atoms with van der Waals surface area (Å²) < 4.78 is 93.3. The van der Waals surface area contributed by atoms with Crippen molar-refractivity contribution in [2.24, 2.45) is 5.10 Å². The van der Waals surface area contributed by atoms with Gasteiger partial charge in [0.05, 0.1) is 10.7 Å². The quantitative estimate of drug-likeness (QED) is 0.263. The number of benzene rings is 1. The SMILES string of the molecule is N#CCOc1c(Br)cc(Br)cc1/C=N\NC(F)(F)C(F)(F)C(F)(F)F. The minimum Gasteiger partial charge on any atom is -0.477 e. The van der Waals surface area contributed by atoms with Crippen LogP contribution in [0.2, 0.25) is 0 Å². The van der Waals surface area contributed by atoms with Crippen molar-refractivity contribution in [1.29, 1.82) is 5.26 Å². The van der Waals surface area contributed by atoms with Crippen molar-refractivity contribution in [3.8, 4) is 11.8 Å². The summed E-state index contributed by atoms with van der Waals surface area (Å²) >= 11 is 6.11. The van der Waals surface area contributed by atoms with E-state index in [2.05, 4.69) is 37.0 Å². The van der Waals surface area contributed by atoms with E-state index in [0.717, 1.165) is 0 Å². The lowest BCUT2D eigenvalue weighted by Crippen LogP contribution is -2.58. The van der Waals surface area contributed by atoms with Crippen LogP contribution in [0.25, 0.3) is 0 Å². The summed E-state index contributed by atoms with van der Waals surface area (Å²) in [6, 6.07) is -1.32. The molecule has 0 saturated heterocycles. The standard InChI is InChI=1S/C12H6Br2F7N3O/c13-7-3-6(9(8(14)4-7)25-2-1-22)5-23-24-12(20,21)10(15,16)11(17,18)19/h3-5,24H,2H2/b23-5-. The first-order valence-electron chi connectivity index (χ1n) is 5.95. The van der Waals surface area contributed by atoms with Gasteiger partial charge in [0.2, 0.25) is 0 Å². The summed E-state index contributed by atoms with van der Waals surface area (Å²) in [6.07, 6.45) is -5.93. The number of ether oxygens (including phenoxy) is 1. The largest absolute Gasteiger partial charge is 0.477 e. The van der Waals surface area contributed by atoms with Gasteiger partial charge in [0.1, 0.15) is 11.8 Å². The number of hydrazone groups is 1. The fourth-order valence-electron chi connectivity index (χ4n) is 1.36. The van der Waals surface area contributed by atoms with E-state index in [1.165, 1.54) is 12.1 Å². The molecule has 13 heteroatoms. The lowest BCUT2D eigenvalue weighted by Gasteiger charge is -2.27. The van der Waals surface area contributed by atoms with E-state index >= 15 is 0 Å². The van der Waals surface area contributed by atoms with E-state index in [1.807, 2.05) is 0 Å². The maximum absolute atomic E-state index is 13.1. The molecule has 0 aliphatic rings. The number of nitrogens with zero attached hydrogens (tertiary/aromatic N) is 2. The summed E-state index contributed by atoms with van der Waals surface area (Å²) in [5.41, 5.74) is 0.418. The Labute approximate surface area is 152 Å². The zero-order chi connectivity index (χ0) is 19.5. The summed E-state index contributed by atoms with van der Waals surface area (Å²) in [4.78, 5) is 0. The van der Waals surface area contributed by atoms with Gasteiger partial charge in [0.25, 0.3) is 0 Å². The van der Waals surface area contributed by atoms with Gasteiger partial charge in [-0.1, -0.05) is 15.9 Å². The van der Waals surface area contributed by atoms with E-state index in [4.69, 9.17) is 10.00 Å². The molecule has 1 aromatic carbocycles. The minimum atomic E-state index is -6.47. The third-order valence-electron chi connectivity index (χ3n) is 2.48. The highest BCUT2D eigenvalue weighted by atomic mass is 79.9. The van der Waals surface area contributed by atoms with Gasteiger partial charge < -0.3 is 4.74 Å². The van der Waals surface area contributed by atoms with E-state index < -0.39 is 24.8 Å². The molecule has 138 valence electrons. The summed E-state index contributed by atoms with van der Waals surface area (Å²) in [5, 5.41) is 11.2. The Balaban J connectivity index is 3.09. The summed E-state index contributed by atoms with van der Waals surface area (Å²) in [6.45, 7) is -0.434. The van der Waals surface area contributed by atoms with E-state index in [0.29, 0.717) is 16.1 Å². The predicted octanol–water partition coefficient (Wildman–Crippen LogP) is 4.83. The molecule has 0 unspecified atom stereocenters. The molecule has 4 nitrogen and oxygen atoms in total. The van der Waals surface area contributed by atoms with Crippen LogP contribution in [0.15, 0.2) is 26.2 Å². The van der Waals surface area contributed by atoms with Gasteiger partial charge in [0, 0.05) is 10.0 Å². The minimum absolute atomic E-state index is 0.0544. The van der Waals surface area contributed by atoms with Crippen LogP contribution in [0.4, 0.5) is 30.7 Å². The number of nitriles is 1. The van der Waals surface area contributed by atoms with Gasteiger partial charge in [-0.2, -0.15) is 41.1 Å². The van der Waals surface area contributed by atoms with Gasteiger partial charge >= 0.3 is 18.1 Å². The fraction of sp³-hybridized carbons (Fsp3) is 0.333. The molecule has 1 aromatic rings. The number of hydrogen-bond donors (Lipinski definition) is 1. The predicted molar refractivity (Wildman–Crippen MR) is 79.6 cm³/mol. The lowest BCUT2D eigenvalue weighted by molar-refractivity contribution is -0.361. The van der Waals surface area contributed by atoms with Crippen molar-refractivity contribution in [2.45, 2.75) is 18.1 Å². The molecule has 0 bridgehead atoms. The van der Waals surface area contributed by atoms with E-state index in [-0.39, 0.29) is 15.8 Å². The Kier molecular flexibility index (Phi) is 6.68. The van der Waals surface area contributed by atoms with E-state index in [1.54, 1.807) is 6.07 Å². The number of nitrogens with one attached hydrogen (secondary N) is 1. The van der Waals surface area contributed by atoms with Crippen LogP contribution >= 0.6 is 31.9 Å². The van der Waals surface area contributed by atoms with Crippen molar-refractivity contribution in [1.82, 2.24) is 5.43 Å². The molecule has 0 aromatic heterocycles. The van der Waals surface area contributed by atoms with Crippen LogP contribution in [0.1, 0.15) is 5.56 Å². The van der Waals surface area contributed by atoms with Crippen molar-refractivity contribution in [3.63, 3.8) is 0 Å². The van der Waals surface area contributed by atoms with Crippen LogP contribution in [-0.2, 0) is 0 Å². The third-order valence-corrected chi connectivity index (χ3v) is 3.52. The van der Waals surface area contributed by atoms with Gasteiger partial charge in [-0.15, -0.1) is 0 Å². The topological polar surface area (TPSA) is 57.4 Å². The van der Waals surface area contributed by atoms with Crippen molar-refractivity contribution < 1.29 is 35.5 Å². The zero-order valence-electron chi connectivity index (χ0n) is 11.6. The second-order valence-electron chi connectivity index (χ2n) is 4.27. The summed E-state index contributed by atoms with van der Waals surface area (Å²) in [5.74, 6) is -6.39. The number of hydrogen-bond acceptors (Lipinski definition) is 4. The highest BCUT2D eigenvalue weighted by Crippen LogP contribution is 2.45. The molecule has 0 aliphatic carbocycles. The normalized spacial score (nSPS) is 13.0. The second-order valence-corrected chi connectivity index (χ2v) is 6.04. The lowest BCUT2D eigenvalue weighted by atomic mass is 10.2. The molecule has 1 N–H and O–H groups in total. The van der Waals surface area contributed by atoms with E-state index in [9.17, 15) is 30.7 Å². The fourth-order valence-corrected chi connectivity index (χ4v) is 2.74. The van der Waals surface area contributed by atoms with Crippen molar-refractivity contribution in [2.75, 3.05) is 6.61 Å². The molecule has 1 rings (SSSR count). The molecule has 0 fully saturated rings. The molecule has 0 spiro atoms. The first-order chi connectivity index (χ1) is 11.3. The van der Waals surface area contributed by atoms with Crippen LogP contribution < -0.4 is 10.2 Å². The molecule has 0 atom stereocenters. The van der Waals surface area contributed by atoms with Crippen LogP contribution in [0.5, 0.6) is 5.75 Å². The first-order valence-corrected chi connectivity index (χ1v) is 7.53. The highest BCUT2D eigenvalue weighted by Gasteiger charge is 2.73. The molecule has 0 radical (unpaired) electrons. The molecular formula is C12H6Br2F7N3O. The molecule has 25 heavy (non-hydrogen) atoms. The first kappa shape index (κ1) is 21.5. The molecular weight excluding hydrogens is 495 g/mol. The number of halogens is 9. The Morgan fingerprint density at radius 2 is 1.76 bits per heavy atom. The smallest absolute Gasteiger partial charge is 0.462 e. The summed E-state index contributed by atoms with van der Waals surface area (Å²) in [7, 11) is 0. The maximum Gasteiger partial charge on any atom is 0.462 e. The maximum atomic E-state index is 13.1. The zero-order valence-corrected chi connectivity index (χ0v) is 14.8. The van der Waals surface area contributed by atoms with Gasteiger partial charge in [0.15, 0.2) is 6.61 Å². The Morgan fingerprint density at radius 1 is 1.16 bits per heavy atom. The Morgan fingerprint density at radius 3 is 2.28 bits per heavy atom. The number of rotatable bonds is 6. The molecule has 0 saturated carbocycles. The highest BCUT2D eigenvalue weighted by molar-refractivity contribution is 9.11. The van der Waals surface area contributed by atoms with Crippen LogP contribution in [0, 0.1) is 11.3 Å². The average Bonchev–Trinajstić information content (AvgIpc) is 2.44. The van der Waals surface area contributed by atoms with Gasteiger partial charge in [-0.25, -0.2) is 5.43 Å². The second kappa shape index (κ2) is 7.77. The Hall–Kier alpha value is -1.55.